The van der Waals surface area contributed by atoms with Crippen LogP contribution in [0.25, 0.3) is 0 Å². The number of nitrogens with one attached hydrogen (secondary N) is 2. The Hall–Kier alpha value is -1.66. The van der Waals surface area contributed by atoms with Crippen molar-refractivity contribution >= 4 is 11.4 Å². The number of nitro groups is 1. The van der Waals surface area contributed by atoms with Crippen molar-refractivity contribution in [2.24, 2.45) is 0 Å². The van der Waals surface area contributed by atoms with E-state index in [-0.39, 0.29) is 22.8 Å². The lowest BCUT2D eigenvalue weighted by molar-refractivity contribution is -0.384. The normalized spacial score (nSPS) is 23.0. The van der Waals surface area contributed by atoms with E-state index in [2.05, 4.69) is 10.6 Å². The van der Waals surface area contributed by atoms with E-state index in [1.807, 2.05) is 13.0 Å². The smallest absolute Gasteiger partial charge is 0.292 e. The number of hydrogen-bond acceptors (Lipinski definition) is 5. The number of nitro benzene ring substituents is 1. The lowest BCUT2D eigenvalue weighted by Gasteiger charge is -2.19. The fraction of sp³-hybridized carbons (Fsp3) is 0.500. The van der Waals surface area contributed by atoms with Gasteiger partial charge < -0.3 is 15.4 Å². The molecule has 18 heavy (non-hydrogen) atoms. The zero-order chi connectivity index (χ0) is 13.1. The van der Waals surface area contributed by atoms with Crippen molar-refractivity contribution < 1.29 is 9.66 Å². The number of ether oxygens (including phenoxy) is 1. The highest BCUT2D eigenvalue weighted by molar-refractivity contribution is 5.63. The maximum atomic E-state index is 11.0. The van der Waals surface area contributed by atoms with Crippen molar-refractivity contribution in [1.29, 1.82) is 0 Å². The highest BCUT2D eigenvalue weighted by Crippen LogP contribution is 2.27. The molecule has 0 saturated carbocycles. The average molecular weight is 251 g/mol. The maximum absolute atomic E-state index is 11.0. The number of rotatable bonds is 4. The molecule has 0 bridgehead atoms. The molecule has 1 aromatic rings. The third-order valence-electron chi connectivity index (χ3n) is 3.15. The Bertz CT molecular complexity index is 450. The molecule has 1 aromatic carbocycles. The summed E-state index contributed by atoms with van der Waals surface area (Å²) in [6.07, 6.45) is 0.0332. The van der Waals surface area contributed by atoms with Crippen molar-refractivity contribution in [3.05, 3.63) is 33.9 Å². The maximum Gasteiger partial charge on any atom is 0.292 e. The predicted molar refractivity (Wildman–Crippen MR) is 68.9 cm³/mol. The van der Waals surface area contributed by atoms with Crippen LogP contribution in [0.1, 0.15) is 5.56 Å². The van der Waals surface area contributed by atoms with Crippen LogP contribution in [0.4, 0.5) is 11.4 Å². The molecule has 0 amide bonds. The minimum Gasteiger partial charge on any atom is -0.378 e. The van der Waals surface area contributed by atoms with E-state index in [1.165, 1.54) is 0 Å². The molecule has 1 aliphatic heterocycles. The standard InChI is InChI=1S/C12H17N3O3/c1-8-3-4-9(11(5-8)15(16)17)14-10-6-13-7-12(10)18-2/h3-5,10,12-14H,6-7H2,1-2H3/t10?,12-/m0/s1. The molecule has 6 heteroatoms. The summed E-state index contributed by atoms with van der Waals surface area (Å²) in [6.45, 7) is 3.34. The molecule has 0 radical (unpaired) electrons. The lowest BCUT2D eigenvalue weighted by Crippen LogP contribution is -2.33. The fourth-order valence-corrected chi connectivity index (χ4v) is 2.16. The van der Waals surface area contributed by atoms with Crippen LogP contribution < -0.4 is 10.6 Å². The molecule has 1 saturated heterocycles. The molecular formula is C12H17N3O3. The zero-order valence-electron chi connectivity index (χ0n) is 10.5. The van der Waals surface area contributed by atoms with Crippen LogP contribution in [0, 0.1) is 17.0 Å². The van der Waals surface area contributed by atoms with Crippen molar-refractivity contribution in [1.82, 2.24) is 5.32 Å². The molecule has 1 unspecified atom stereocenters. The summed E-state index contributed by atoms with van der Waals surface area (Å²) >= 11 is 0. The van der Waals surface area contributed by atoms with Crippen molar-refractivity contribution in [3.8, 4) is 0 Å². The topological polar surface area (TPSA) is 76.4 Å². The molecule has 1 aliphatic rings. The number of aryl methyl sites for hydroxylation is 1. The molecule has 0 aliphatic carbocycles. The molecule has 98 valence electrons. The highest BCUT2D eigenvalue weighted by atomic mass is 16.6. The van der Waals surface area contributed by atoms with Gasteiger partial charge in [-0.3, -0.25) is 10.1 Å². The molecule has 0 spiro atoms. The van der Waals surface area contributed by atoms with Gasteiger partial charge in [0.2, 0.25) is 0 Å². The Kier molecular flexibility index (Phi) is 3.78. The summed E-state index contributed by atoms with van der Waals surface area (Å²) < 4.78 is 5.33. The van der Waals surface area contributed by atoms with Crippen LogP contribution in [0.5, 0.6) is 0 Å². The van der Waals surface area contributed by atoms with Crippen LogP contribution in [-0.2, 0) is 4.74 Å². The summed E-state index contributed by atoms with van der Waals surface area (Å²) in [6, 6.07) is 5.24. The Balaban J connectivity index is 2.20. The molecule has 1 heterocycles. The van der Waals surface area contributed by atoms with Crippen LogP contribution in [0.3, 0.4) is 0 Å². The van der Waals surface area contributed by atoms with Gasteiger partial charge in [-0.25, -0.2) is 0 Å². The van der Waals surface area contributed by atoms with Gasteiger partial charge in [0.25, 0.3) is 5.69 Å². The average Bonchev–Trinajstić information content (AvgIpc) is 2.78. The van der Waals surface area contributed by atoms with Crippen molar-refractivity contribution in [3.63, 3.8) is 0 Å². The largest absolute Gasteiger partial charge is 0.378 e. The van der Waals surface area contributed by atoms with Crippen LogP contribution in [-0.4, -0.2) is 37.3 Å². The minimum absolute atomic E-state index is 0.0332. The molecular weight excluding hydrogens is 234 g/mol. The second-order valence-electron chi connectivity index (χ2n) is 4.46. The van der Waals surface area contributed by atoms with E-state index in [0.717, 1.165) is 18.7 Å². The number of methoxy groups -OCH3 is 1. The first-order chi connectivity index (χ1) is 8.61. The second-order valence-corrected chi connectivity index (χ2v) is 4.46. The lowest BCUT2D eigenvalue weighted by atomic mass is 10.1. The summed E-state index contributed by atoms with van der Waals surface area (Å²) in [5, 5.41) is 17.4. The summed E-state index contributed by atoms with van der Waals surface area (Å²) in [7, 11) is 1.65. The third-order valence-corrected chi connectivity index (χ3v) is 3.15. The van der Waals surface area contributed by atoms with Gasteiger partial charge in [0.05, 0.1) is 17.1 Å². The number of anilines is 1. The first-order valence-electron chi connectivity index (χ1n) is 5.87. The van der Waals surface area contributed by atoms with E-state index < -0.39 is 0 Å². The van der Waals surface area contributed by atoms with E-state index >= 15 is 0 Å². The predicted octanol–water partition coefficient (Wildman–Crippen LogP) is 1.30. The van der Waals surface area contributed by atoms with Gasteiger partial charge in [0, 0.05) is 26.3 Å². The SMILES string of the molecule is CO[C@H]1CNCC1Nc1ccc(C)cc1[N+](=O)[O-]. The Morgan fingerprint density at radius 1 is 1.50 bits per heavy atom. The quantitative estimate of drug-likeness (QED) is 0.623. The van der Waals surface area contributed by atoms with Crippen LogP contribution >= 0.6 is 0 Å². The first kappa shape index (κ1) is 12.8. The Labute approximate surface area is 105 Å². The zero-order valence-corrected chi connectivity index (χ0v) is 10.5. The van der Waals surface area contributed by atoms with Crippen molar-refractivity contribution in [2.75, 3.05) is 25.5 Å². The van der Waals surface area contributed by atoms with Gasteiger partial charge in [0.1, 0.15) is 5.69 Å². The molecule has 1 fully saturated rings. The monoisotopic (exact) mass is 251 g/mol. The minimum atomic E-state index is -0.362. The number of nitrogens with zero attached hydrogens (tertiary/aromatic N) is 1. The molecule has 0 aromatic heterocycles. The van der Waals surface area contributed by atoms with E-state index in [9.17, 15) is 10.1 Å². The Morgan fingerprint density at radius 2 is 2.28 bits per heavy atom. The van der Waals surface area contributed by atoms with E-state index in [1.54, 1.807) is 19.2 Å². The first-order valence-corrected chi connectivity index (χ1v) is 5.87. The fourth-order valence-electron chi connectivity index (χ4n) is 2.16. The van der Waals surface area contributed by atoms with Gasteiger partial charge in [-0.15, -0.1) is 0 Å². The summed E-state index contributed by atoms with van der Waals surface area (Å²) in [5.74, 6) is 0. The molecule has 2 atom stereocenters. The molecule has 2 rings (SSSR count). The highest BCUT2D eigenvalue weighted by Gasteiger charge is 2.28. The summed E-state index contributed by atoms with van der Waals surface area (Å²) in [4.78, 5) is 10.7. The number of hydrogen-bond donors (Lipinski definition) is 2. The third kappa shape index (κ3) is 2.60. The number of benzene rings is 1. The van der Waals surface area contributed by atoms with E-state index in [4.69, 9.17) is 4.74 Å². The summed E-state index contributed by atoms with van der Waals surface area (Å²) in [5.41, 5.74) is 1.53. The molecule has 6 nitrogen and oxygen atoms in total. The van der Waals surface area contributed by atoms with E-state index in [0.29, 0.717) is 5.69 Å². The van der Waals surface area contributed by atoms with Gasteiger partial charge in [-0.2, -0.15) is 0 Å². The Morgan fingerprint density at radius 3 is 2.94 bits per heavy atom. The van der Waals surface area contributed by atoms with Gasteiger partial charge in [-0.05, 0) is 18.6 Å². The second kappa shape index (κ2) is 5.32. The van der Waals surface area contributed by atoms with Gasteiger partial charge in [0.15, 0.2) is 0 Å². The van der Waals surface area contributed by atoms with Crippen LogP contribution in [0.2, 0.25) is 0 Å². The van der Waals surface area contributed by atoms with Crippen LogP contribution in [0.15, 0.2) is 18.2 Å². The molecule has 2 N–H and O–H groups in total. The van der Waals surface area contributed by atoms with Crippen molar-refractivity contribution in [2.45, 2.75) is 19.1 Å². The van der Waals surface area contributed by atoms with Gasteiger partial charge >= 0.3 is 0 Å². The van der Waals surface area contributed by atoms with Gasteiger partial charge in [-0.1, -0.05) is 6.07 Å².